The average Bonchev–Trinajstić information content (AvgIpc) is 3.11. The minimum atomic E-state index is 0. The molecular weight excluding hydrogens is 481 g/mol. The number of halogens is 1. The predicted octanol–water partition coefficient (Wildman–Crippen LogP) is 3.29. The van der Waals surface area contributed by atoms with Gasteiger partial charge in [0, 0.05) is 58.6 Å². The molecule has 0 aliphatic carbocycles. The third kappa shape index (κ3) is 9.49. The Labute approximate surface area is 191 Å². The molecule has 0 radical (unpaired) electrons. The van der Waals surface area contributed by atoms with E-state index in [0.717, 1.165) is 43.2 Å². The molecule has 0 fully saturated rings. The van der Waals surface area contributed by atoms with E-state index in [2.05, 4.69) is 52.0 Å². The molecule has 7 nitrogen and oxygen atoms in total. The van der Waals surface area contributed by atoms with E-state index >= 15 is 0 Å². The normalized spacial score (nSPS) is 11.1. The van der Waals surface area contributed by atoms with Gasteiger partial charge in [-0.05, 0) is 37.5 Å². The summed E-state index contributed by atoms with van der Waals surface area (Å²) in [7, 11) is 3.49. The highest BCUT2D eigenvalue weighted by Gasteiger charge is 2.06. The number of aromatic nitrogens is 2. The Hall–Kier alpha value is -1.81. The highest BCUT2D eigenvalue weighted by atomic mass is 127. The predicted molar refractivity (Wildman–Crippen MR) is 128 cm³/mol. The van der Waals surface area contributed by atoms with Crippen molar-refractivity contribution in [2.75, 3.05) is 33.9 Å². The number of aryl methyl sites for hydroxylation is 3. The van der Waals surface area contributed by atoms with Crippen LogP contribution < -0.4 is 15.4 Å². The van der Waals surface area contributed by atoms with Crippen molar-refractivity contribution in [2.45, 2.75) is 39.8 Å². The molecule has 0 amide bonds. The summed E-state index contributed by atoms with van der Waals surface area (Å²) in [5, 5.41) is 11.0. The number of hydrogen-bond acceptors (Lipinski definition) is 4. The Bertz CT molecular complexity index is 748. The Morgan fingerprint density at radius 3 is 2.66 bits per heavy atom. The van der Waals surface area contributed by atoms with Gasteiger partial charge in [0.25, 0.3) is 0 Å². The van der Waals surface area contributed by atoms with Crippen molar-refractivity contribution in [1.29, 1.82) is 0 Å². The summed E-state index contributed by atoms with van der Waals surface area (Å²) in [6.07, 6.45) is 5.78. The standard InChI is InChI=1S/C21H33N5O2.HI/c1-17-7-8-19(20(13-17)28-12-6-11-27-4)15-24-21(22-3)23-9-5-10-26-16-18(2)14-25-26;/h7-8,13-14,16H,5-6,9-12,15H2,1-4H3,(H2,22,23,24);1H. The molecule has 0 aliphatic rings. The molecule has 1 aromatic carbocycles. The van der Waals surface area contributed by atoms with Gasteiger partial charge in [0.15, 0.2) is 5.96 Å². The number of guanidine groups is 1. The minimum Gasteiger partial charge on any atom is -0.493 e. The zero-order chi connectivity index (χ0) is 20.2. The van der Waals surface area contributed by atoms with Crippen LogP contribution in [0.1, 0.15) is 29.5 Å². The minimum absolute atomic E-state index is 0. The molecule has 0 atom stereocenters. The lowest BCUT2D eigenvalue weighted by Crippen LogP contribution is -2.37. The molecule has 8 heteroatoms. The van der Waals surface area contributed by atoms with Crippen molar-refractivity contribution in [3.63, 3.8) is 0 Å². The second kappa shape index (κ2) is 14.2. The van der Waals surface area contributed by atoms with Crippen LogP contribution >= 0.6 is 24.0 Å². The molecule has 2 aromatic rings. The molecule has 0 saturated heterocycles. The van der Waals surface area contributed by atoms with Crippen LogP contribution in [0.25, 0.3) is 0 Å². The Kier molecular flexibility index (Phi) is 12.4. The SMILES string of the molecule is CN=C(NCCCn1cc(C)cn1)NCc1ccc(C)cc1OCCCOC.I. The summed E-state index contributed by atoms with van der Waals surface area (Å²) in [6.45, 7) is 7.83. The third-order valence-electron chi connectivity index (χ3n) is 4.26. The van der Waals surface area contributed by atoms with Gasteiger partial charge in [0.1, 0.15) is 5.75 Å². The summed E-state index contributed by atoms with van der Waals surface area (Å²) in [5.41, 5.74) is 3.48. The van der Waals surface area contributed by atoms with E-state index < -0.39 is 0 Å². The van der Waals surface area contributed by atoms with E-state index in [1.54, 1.807) is 14.2 Å². The maximum Gasteiger partial charge on any atom is 0.191 e. The first-order valence-electron chi connectivity index (χ1n) is 9.77. The van der Waals surface area contributed by atoms with Crippen molar-refractivity contribution >= 4 is 29.9 Å². The summed E-state index contributed by atoms with van der Waals surface area (Å²) in [4.78, 5) is 4.30. The molecule has 2 rings (SSSR count). The fourth-order valence-electron chi connectivity index (χ4n) is 2.76. The van der Waals surface area contributed by atoms with Crippen molar-refractivity contribution < 1.29 is 9.47 Å². The lowest BCUT2D eigenvalue weighted by molar-refractivity contribution is 0.171. The molecular formula is C21H34IN5O2. The average molecular weight is 515 g/mol. The first-order valence-corrected chi connectivity index (χ1v) is 9.77. The van der Waals surface area contributed by atoms with Crippen LogP contribution in [0.5, 0.6) is 5.75 Å². The van der Waals surface area contributed by atoms with E-state index in [-0.39, 0.29) is 24.0 Å². The highest BCUT2D eigenvalue weighted by Crippen LogP contribution is 2.20. The van der Waals surface area contributed by atoms with Crippen molar-refractivity contribution in [2.24, 2.45) is 4.99 Å². The molecule has 1 heterocycles. The first-order chi connectivity index (χ1) is 13.6. The van der Waals surface area contributed by atoms with Gasteiger partial charge in [-0.3, -0.25) is 9.67 Å². The number of aliphatic imine (C=N–C) groups is 1. The smallest absolute Gasteiger partial charge is 0.191 e. The molecule has 0 spiro atoms. The largest absolute Gasteiger partial charge is 0.493 e. The monoisotopic (exact) mass is 515 g/mol. The fraction of sp³-hybridized carbons (Fsp3) is 0.524. The Morgan fingerprint density at radius 1 is 1.14 bits per heavy atom. The molecule has 162 valence electrons. The van der Waals surface area contributed by atoms with Gasteiger partial charge in [0.2, 0.25) is 0 Å². The van der Waals surface area contributed by atoms with Crippen LogP contribution in [-0.2, 0) is 17.8 Å². The number of nitrogens with one attached hydrogen (secondary N) is 2. The van der Waals surface area contributed by atoms with Gasteiger partial charge in [-0.2, -0.15) is 5.10 Å². The van der Waals surface area contributed by atoms with Gasteiger partial charge in [-0.25, -0.2) is 0 Å². The molecule has 29 heavy (non-hydrogen) atoms. The van der Waals surface area contributed by atoms with E-state index in [9.17, 15) is 0 Å². The highest BCUT2D eigenvalue weighted by molar-refractivity contribution is 14.0. The molecule has 1 aromatic heterocycles. The number of ether oxygens (including phenoxy) is 2. The third-order valence-corrected chi connectivity index (χ3v) is 4.26. The molecule has 0 bridgehead atoms. The number of nitrogens with zero attached hydrogens (tertiary/aromatic N) is 3. The topological polar surface area (TPSA) is 72.7 Å². The van der Waals surface area contributed by atoms with Crippen LogP contribution in [0.15, 0.2) is 35.6 Å². The van der Waals surface area contributed by atoms with E-state index in [1.807, 2.05) is 17.8 Å². The van der Waals surface area contributed by atoms with Crippen LogP contribution in [0.4, 0.5) is 0 Å². The molecule has 2 N–H and O–H groups in total. The number of benzene rings is 1. The maximum atomic E-state index is 5.95. The fourth-order valence-corrected chi connectivity index (χ4v) is 2.76. The Morgan fingerprint density at radius 2 is 1.97 bits per heavy atom. The van der Waals surface area contributed by atoms with Gasteiger partial charge in [-0.1, -0.05) is 12.1 Å². The lowest BCUT2D eigenvalue weighted by atomic mass is 10.1. The van der Waals surface area contributed by atoms with Gasteiger partial charge >= 0.3 is 0 Å². The van der Waals surface area contributed by atoms with Gasteiger partial charge in [-0.15, -0.1) is 24.0 Å². The number of hydrogen-bond donors (Lipinski definition) is 2. The summed E-state index contributed by atoms with van der Waals surface area (Å²) >= 11 is 0. The summed E-state index contributed by atoms with van der Waals surface area (Å²) in [5.74, 6) is 1.69. The Balaban J connectivity index is 0.00000420. The van der Waals surface area contributed by atoms with Crippen LogP contribution in [0.3, 0.4) is 0 Å². The second-order valence-electron chi connectivity index (χ2n) is 6.79. The molecule has 0 aliphatic heterocycles. The van der Waals surface area contributed by atoms with E-state index in [4.69, 9.17) is 9.47 Å². The van der Waals surface area contributed by atoms with Crippen LogP contribution in [0, 0.1) is 13.8 Å². The number of methoxy groups -OCH3 is 1. The van der Waals surface area contributed by atoms with Gasteiger partial charge in [0.05, 0.1) is 12.8 Å². The van der Waals surface area contributed by atoms with Crippen molar-refractivity contribution in [3.8, 4) is 5.75 Å². The first kappa shape index (κ1) is 25.2. The van der Waals surface area contributed by atoms with Crippen LogP contribution in [-0.4, -0.2) is 49.7 Å². The summed E-state index contributed by atoms with van der Waals surface area (Å²) in [6, 6.07) is 6.27. The number of rotatable bonds is 11. The second-order valence-corrected chi connectivity index (χ2v) is 6.79. The van der Waals surface area contributed by atoms with E-state index in [0.29, 0.717) is 19.8 Å². The van der Waals surface area contributed by atoms with Crippen molar-refractivity contribution in [1.82, 2.24) is 20.4 Å². The zero-order valence-electron chi connectivity index (χ0n) is 17.9. The van der Waals surface area contributed by atoms with Crippen molar-refractivity contribution in [3.05, 3.63) is 47.3 Å². The molecule has 0 saturated carbocycles. The van der Waals surface area contributed by atoms with Gasteiger partial charge < -0.3 is 20.1 Å². The maximum absolute atomic E-state index is 5.95. The zero-order valence-corrected chi connectivity index (χ0v) is 20.2. The lowest BCUT2D eigenvalue weighted by Gasteiger charge is -2.15. The molecule has 0 unspecified atom stereocenters. The summed E-state index contributed by atoms with van der Waals surface area (Å²) < 4.78 is 13.0. The van der Waals surface area contributed by atoms with Crippen LogP contribution in [0.2, 0.25) is 0 Å². The van der Waals surface area contributed by atoms with E-state index in [1.165, 1.54) is 11.1 Å². The quantitative estimate of drug-likeness (QED) is 0.208.